The number of ether oxygens (including phenoxy) is 1. The molecule has 2 N–H and O–H groups in total. The molecule has 0 bridgehead atoms. The van der Waals surface area contributed by atoms with E-state index in [4.69, 9.17) is 10.5 Å². The molecule has 0 aliphatic heterocycles. The highest BCUT2D eigenvalue weighted by atomic mass is 16.5. The van der Waals surface area contributed by atoms with Crippen molar-refractivity contribution in [3.8, 4) is 17.0 Å². The van der Waals surface area contributed by atoms with Gasteiger partial charge in [-0.2, -0.15) is 0 Å². The number of aryl methyl sites for hydroxylation is 2. The van der Waals surface area contributed by atoms with Gasteiger partial charge >= 0.3 is 0 Å². The third kappa shape index (κ3) is 2.23. The molecule has 2 rings (SSSR count). The smallest absolute Gasteiger partial charge is 0.124 e. The molecule has 0 aliphatic carbocycles. The van der Waals surface area contributed by atoms with Gasteiger partial charge in [0.15, 0.2) is 0 Å². The predicted octanol–water partition coefficient (Wildman–Crippen LogP) is 2.96. The van der Waals surface area contributed by atoms with Crippen LogP contribution in [0.25, 0.3) is 11.3 Å². The Kier molecular flexibility index (Phi) is 3.00. The lowest BCUT2D eigenvalue weighted by Crippen LogP contribution is -1.95. The highest BCUT2D eigenvalue weighted by molar-refractivity contribution is 5.65. The average Bonchev–Trinajstić information content (AvgIpc) is 2.28. The molecule has 0 aliphatic rings. The van der Waals surface area contributed by atoms with Crippen molar-refractivity contribution in [1.29, 1.82) is 0 Å². The molecule has 0 spiro atoms. The number of aromatic nitrogens is 1. The summed E-state index contributed by atoms with van der Waals surface area (Å²) in [6, 6.07) is 9.78. The Morgan fingerprint density at radius 2 is 1.76 bits per heavy atom. The Balaban J connectivity index is 2.54. The zero-order valence-corrected chi connectivity index (χ0v) is 10.3. The van der Waals surface area contributed by atoms with Gasteiger partial charge in [-0.25, -0.2) is 4.98 Å². The van der Waals surface area contributed by atoms with Gasteiger partial charge in [0, 0.05) is 5.56 Å². The molecule has 3 heteroatoms. The highest BCUT2D eigenvalue weighted by Crippen LogP contribution is 2.29. The number of pyridine rings is 1. The summed E-state index contributed by atoms with van der Waals surface area (Å²) in [6.45, 7) is 4.06. The van der Waals surface area contributed by atoms with Crippen molar-refractivity contribution in [2.24, 2.45) is 0 Å². The monoisotopic (exact) mass is 228 g/mol. The topological polar surface area (TPSA) is 48.1 Å². The van der Waals surface area contributed by atoms with Crippen LogP contribution in [0.3, 0.4) is 0 Å². The molecule has 88 valence electrons. The lowest BCUT2D eigenvalue weighted by molar-refractivity contribution is 0.408. The van der Waals surface area contributed by atoms with E-state index in [2.05, 4.69) is 17.1 Å². The summed E-state index contributed by atoms with van der Waals surface area (Å²) in [7, 11) is 1.69. The van der Waals surface area contributed by atoms with Gasteiger partial charge < -0.3 is 10.5 Å². The number of nitrogens with two attached hydrogens (primary N) is 1. The number of nitrogen functional groups attached to an aromatic ring is 1. The lowest BCUT2D eigenvalue weighted by atomic mass is 10.0. The second-order valence-electron chi connectivity index (χ2n) is 4.09. The van der Waals surface area contributed by atoms with E-state index in [1.165, 1.54) is 0 Å². The molecule has 0 atom stereocenters. The van der Waals surface area contributed by atoms with E-state index >= 15 is 0 Å². The van der Waals surface area contributed by atoms with E-state index in [0.717, 1.165) is 28.1 Å². The van der Waals surface area contributed by atoms with Crippen molar-refractivity contribution in [3.63, 3.8) is 0 Å². The van der Waals surface area contributed by atoms with Gasteiger partial charge in [-0.15, -0.1) is 0 Å². The first-order chi connectivity index (χ1) is 8.11. The second-order valence-corrected chi connectivity index (χ2v) is 4.09. The van der Waals surface area contributed by atoms with E-state index in [1.807, 2.05) is 26.0 Å². The first-order valence-corrected chi connectivity index (χ1v) is 5.50. The second kappa shape index (κ2) is 4.45. The summed E-state index contributed by atoms with van der Waals surface area (Å²) >= 11 is 0. The van der Waals surface area contributed by atoms with Crippen molar-refractivity contribution in [2.75, 3.05) is 12.8 Å². The van der Waals surface area contributed by atoms with E-state index in [-0.39, 0.29) is 0 Å². The first-order valence-electron chi connectivity index (χ1n) is 5.50. The Morgan fingerprint density at radius 3 is 2.29 bits per heavy atom. The molecule has 2 aromatic rings. The van der Waals surface area contributed by atoms with Crippen molar-refractivity contribution in [3.05, 3.63) is 41.5 Å². The normalized spacial score (nSPS) is 10.3. The molecule has 1 heterocycles. The van der Waals surface area contributed by atoms with Gasteiger partial charge in [0.2, 0.25) is 0 Å². The number of anilines is 1. The summed E-state index contributed by atoms with van der Waals surface area (Å²) in [5.74, 6) is 1.46. The van der Waals surface area contributed by atoms with Crippen molar-refractivity contribution < 1.29 is 4.74 Å². The number of hydrogen-bond acceptors (Lipinski definition) is 3. The number of methoxy groups -OCH3 is 1. The van der Waals surface area contributed by atoms with Crippen molar-refractivity contribution in [1.82, 2.24) is 4.98 Å². The standard InChI is InChI=1S/C14H16N2O/c1-9-7-11(8-10(2)14(9)17-3)12-5-4-6-13(15)16-12/h4-8H,1-3H3,(H2,15,16). The van der Waals surface area contributed by atoms with Crippen LogP contribution in [0, 0.1) is 13.8 Å². The molecule has 0 radical (unpaired) electrons. The molecular formula is C14H16N2O. The minimum Gasteiger partial charge on any atom is -0.496 e. The summed E-state index contributed by atoms with van der Waals surface area (Å²) in [4.78, 5) is 4.32. The zero-order valence-electron chi connectivity index (χ0n) is 10.3. The van der Waals surface area contributed by atoms with E-state index in [0.29, 0.717) is 5.82 Å². The minimum atomic E-state index is 0.536. The van der Waals surface area contributed by atoms with Gasteiger partial charge in [-0.1, -0.05) is 6.07 Å². The van der Waals surface area contributed by atoms with Gasteiger partial charge in [0.1, 0.15) is 11.6 Å². The SMILES string of the molecule is COc1c(C)cc(-c2cccc(N)n2)cc1C. The van der Waals surface area contributed by atoms with E-state index in [9.17, 15) is 0 Å². The van der Waals surface area contributed by atoms with Crippen LogP contribution < -0.4 is 10.5 Å². The van der Waals surface area contributed by atoms with Crippen LogP contribution in [0.4, 0.5) is 5.82 Å². The predicted molar refractivity (Wildman–Crippen MR) is 70.1 cm³/mol. The molecule has 0 unspecified atom stereocenters. The van der Waals surface area contributed by atoms with Crippen LogP contribution in [0.5, 0.6) is 5.75 Å². The number of hydrogen-bond donors (Lipinski definition) is 1. The van der Waals surface area contributed by atoms with Gasteiger partial charge in [0.05, 0.1) is 12.8 Å². The van der Waals surface area contributed by atoms with Gasteiger partial charge in [-0.05, 0) is 49.2 Å². The zero-order chi connectivity index (χ0) is 12.4. The lowest BCUT2D eigenvalue weighted by Gasteiger charge is -2.11. The number of rotatable bonds is 2. The summed E-state index contributed by atoms with van der Waals surface area (Å²) < 4.78 is 5.35. The Labute approximate surface area is 101 Å². The van der Waals surface area contributed by atoms with Gasteiger partial charge in [-0.3, -0.25) is 0 Å². The largest absolute Gasteiger partial charge is 0.496 e. The van der Waals surface area contributed by atoms with E-state index < -0.39 is 0 Å². The summed E-state index contributed by atoms with van der Waals surface area (Å²) in [5.41, 5.74) is 9.85. The molecule has 0 fully saturated rings. The molecule has 0 amide bonds. The Bertz CT molecular complexity index is 527. The molecule has 1 aromatic heterocycles. The first kappa shape index (κ1) is 11.5. The van der Waals surface area contributed by atoms with Crippen molar-refractivity contribution >= 4 is 5.82 Å². The third-order valence-corrected chi connectivity index (χ3v) is 2.73. The fraction of sp³-hybridized carbons (Fsp3) is 0.214. The van der Waals surface area contributed by atoms with Crippen LogP contribution >= 0.6 is 0 Å². The fourth-order valence-electron chi connectivity index (χ4n) is 2.03. The van der Waals surface area contributed by atoms with Crippen LogP contribution in [0.1, 0.15) is 11.1 Å². The Morgan fingerprint density at radius 1 is 1.12 bits per heavy atom. The maximum Gasteiger partial charge on any atom is 0.124 e. The molecule has 1 aromatic carbocycles. The van der Waals surface area contributed by atoms with E-state index in [1.54, 1.807) is 13.2 Å². The molecular weight excluding hydrogens is 212 g/mol. The number of nitrogens with zero attached hydrogens (tertiary/aromatic N) is 1. The van der Waals surface area contributed by atoms with Crippen molar-refractivity contribution in [2.45, 2.75) is 13.8 Å². The average molecular weight is 228 g/mol. The molecule has 0 saturated carbocycles. The maximum atomic E-state index is 5.69. The Hall–Kier alpha value is -2.03. The summed E-state index contributed by atoms with van der Waals surface area (Å²) in [6.07, 6.45) is 0. The summed E-state index contributed by atoms with van der Waals surface area (Å²) in [5, 5.41) is 0. The highest BCUT2D eigenvalue weighted by Gasteiger charge is 2.07. The van der Waals surface area contributed by atoms with Crippen LogP contribution in [0.2, 0.25) is 0 Å². The van der Waals surface area contributed by atoms with Gasteiger partial charge in [0.25, 0.3) is 0 Å². The minimum absolute atomic E-state index is 0.536. The third-order valence-electron chi connectivity index (χ3n) is 2.73. The van der Waals surface area contributed by atoms with Crippen LogP contribution in [0.15, 0.2) is 30.3 Å². The molecule has 17 heavy (non-hydrogen) atoms. The fourth-order valence-corrected chi connectivity index (χ4v) is 2.03. The van der Waals surface area contributed by atoms with Crippen LogP contribution in [-0.2, 0) is 0 Å². The number of benzene rings is 1. The molecule has 0 saturated heterocycles. The quantitative estimate of drug-likeness (QED) is 0.859. The van der Waals surface area contributed by atoms with Crippen LogP contribution in [-0.4, -0.2) is 12.1 Å². The molecule has 3 nitrogen and oxygen atoms in total. The maximum absolute atomic E-state index is 5.69.